The zero-order valence-corrected chi connectivity index (χ0v) is 10.8. The van der Waals surface area contributed by atoms with E-state index < -0.39 is 46.6 Å². The topological polar surface area (TPSA) is 95.5 Å². The smallest absolute Gasteiger partial charge is 0.336 e. The van der Waals surface area contributed by atoms with E-state index in [9.17, 15) is 23.2 Å². The third-order valence-corrected chi connectivity index (χ3v) is 3.13. The van der Waals surface area contributed by atoms with Crippen LogP contribution in [0.25, 0.3) is 0 Å². The van der Waals surface area contributed by atoms with E-state index >= 15 is 0 Å². The average molecular weight is 298 g/mol. The number of hydrogen-bond acceptors (Lipinski definition) is 3. The molecule has 0 bridgehead atoms. The van der Waals surface area contributed by atoms with E-state index in [0.717, 1.165) is 0 Å². The van der Waals surface area contributed by atoms with E-state index in [1.54, 1.807) is 0 Å². The van der Waals surface area contributed by atoms with Crippen molar-refractivity contribution in [2.24, 2.45) is 0 Å². The van der Waals surface area contributed by atoms with Crippen LogP contribution in [0.5, 0.6) is 0 Å². The lowest BCUT2D eigenvalue weighted by atomic mass is 10.0. The first kappa shape index (κ1) is 14.9. The number of carboxylic acids is 1. The number of aromatic carboxylic acids is 1. The third-order valence-electron chi connectivity index (χ3n) is 3.13. The fraction of sp³-hybridized carbons (Fsp3) is 0.308. The van der Waals surface area contributed by atoms with E-state index in [0.29, 0.717) is 31.5 Å². The Kier molecular flexibility index (Phi) is 4.15. The van der Waals surface area contributed by atoms with Gasteiger partial charge in [-0.05, 0) is 25.0 Å². The minimum absolute atomic E-state index is 0.393. The van der Waals surface area contributed by atoms with Crippen molar-refractivity contribution in [1.29, 1.82) is 0 Å². The van der Waals surface area contributed by atoms with E-state index in [4.69, 9.17) is 5.11 Å². The number of rotatable bonds is 3. The zero-order valence-electron chi connectivity index (χ0n) is 10.8. The normalized spacial score (nSPS) is 18.0. The molecular formula is C13H12F2N2O4. The number of piperidine rings is 1. The van der Waals surface area contributed by atoms with Crippen molar-refractivity contribution in [3.8, 4) is 0 Å². The summed E-state index contributed by atoms with van der Waals surface area (Å²) in [6.45, 7) is 0.497. The Morgan fingerprint density at radius 1 is 1.24 bits per heavy atom. The summed E-state index contributed by atoms with van der Waals surface area (Å²) in [4.78, 5) is 34.5. The number of amides is 2. The van der Waals surface area contributed by atoms with E-state index in [1.165, 1.54) is 0 Å². The first-order valence-corrected chi connectivity index (χ1v) is 6.21. The van der Waals surface area contributed by atoms with Gasteiger partial charge in [-0.3, -0.25) is 9.59 Å². The molecule has 1 unspecified atom stereocenters. The number of hydrogen-bond donors (Lipinski definition) is 3. The lowest BCUT2D eigenvalue weighted by Gasteiger charge is -2.23. The molecule has 2 amide bonds. The molecule has 0 spiro atoms. The summed E-state index contributed by atoms with van der Waals surface area (Å²) in [7, 11) is 0. The van der Waals surface area contributed by atoms with Gasteiger partial charge < -0.3 is 15.7 Å². The molecule has 112 valence electrons. The lowest BCUT2D eigenvalue weighted by Crippen LogP contribution is -2.50. The number of carbonyl (C=O) groups is 3. The van der Waals surface area contributed by atoms with Crippen molar-refractivity contribution in [1.82, 2.24) is 10.6 Å². The van der Waals surface area contributed by atoms with Gasteiger partial charge in [0.15, 0.2) is 11.6 Å². The van der Waals surface area contributed by atoms with Crippen LogP contribution in [0.1, 0.15) is 33.6 Å². The molecule has 1 fully saturated rings. The van der Waals surface area contributed by atoms with Crippen LogP contribution in [0, 0.1) is 11.6 Å². The first-order valence-electron chi connectivity index (χ1n) is 6.21. The predicted molar refractivity (Wildman–Crippen MR) is 66.8 cm³/mol. The zero-order chi connectivity index (χ0) is 15.6. The first-order chi connectivity index (χ1) is 9.90. The molecule has 2 rings (SSSR count). The van der Waals surface area contributed by atoms with Crippen LogP contribution < -0.4 is 10.6 Å². The Bertz CT molecular complexity index is 618. The number of carboxylic acid groups (broad SMARTS) is 1. The van der Waals surface area contributed by atoms with Crippen molar-refractivity contribution in [2.75, 3.05) is 6.54 Å². The second-order valence-corrected chi connectivity index (χ2v) is 4.58. The lowest BCUT2D eigenvalue weighted by molar-refractivity contribution is -0.124. The number of halogens is 2. The molecule has 1 aromatic rings. The standard InChI is InChI=1S/C13H12F2N2O4/c14-8-4-6(7(13(20)21)5-9(8)15)11(18)17-10-2-1-3-16-12(10)19/h4-5,10H,1-3H2,(H,16,19)(H,17,18)(H,20,21). The number of benzene rings is 1. The van der Waals surface area contributed by atoms with Gasteiger partial charge in [0.25, 0.3) is 5.91 Å². The molecule has 1 aromatic carbocycles. The molecule has 1 aliphatic rings. The van der Waals surface area contributed by atoms with Gasteiger partial charge in [-0.1, -0.05) is 0 Å². The van der Waals surface area contributed by atoms with Crippen LogP contribution in [0.15, 0.2) is 12.1 Å². The highest BCUT2D eigenvalue weighted by atomic mass is 19.2. The minimum atomic E-state index is -1.56. The van der Waals surface area contributed by atoms with Crippen LogP contribution in [0.4, 0.5) is 8.78 Å². The molecule has 6 nitrogen and oxygen atoms in total. The highest BCUT2D eigenvalue weighted by Gasteiger charge is 2.27. The predicted octanol–water partition coefficient (Wildman–Crippen LogP) is 0.671. The molecule has 0 saturated carbocycles. The summed E-state index contributed by atoms with van der Waals surface area (Å²) in [5.41, 5.74) is -1.19. The molecule has 1 aliphatic heterocycles. The quantitative estimate of drug-likeness (QED) is 0.764. The molecule has 3 N–H and O–H groups in total. The Morgan fingerprint density at radius 2 is 1.86 bits per heavy atom. The molecule has 21 heavy (non-hydrogen) atoms. The summed E-state index contributed by atoms with van der Waals surface area (Å²) in [6.07, 6.45) is 1.05. The van der Waals surface area contributed by atoms with E-state index in [1.807, 2.05) is 0 Å². The monoisotopic (exact) mass is 298 g/mol. The van der Waals surface area contributed by atoms with Crippen molar-refractivity contribution in [3.05, 3.63) is 34.9 Å². The second-order valence-electron chi connectivity index (χ2n) is 4.58. The molecule has 0 aromatic heterocycles. The van der Waals surface area contributed by atoms with Crippen molar-refractivity contribution < 1.29 is 28.3 Å². The third kappa shape index (κ3) is 3.15. The summed E-state index contributed by atoms with van der Waals surface area (Å²) in [5, 5.41) is 13.8. The van der Waals surface area contributed by atoms with Gasteiger partial charge in [0.1, 0.15) is 6.04 Å². The molecule has 1 saturated heterocycles. The van der Waals surface area contributed by atoms with Crippen molar-refractivity contribution in [2.45, 2.75) is 18.9 Å². The molecule has 1 atom stereocenters. The largest absolute Gasteiger partial charge is 0.478 e. The van der Waals surface area contributed by atoms with Crippen LogP contribution in [-0.4, -0.2) is 35.5 Å². The highest BCUT2D eigenvalue weighted by molar-refractivity contribution is 6.06. The molecule has 1 heterocycles. The Balaban J connectivity index is 2.28. The fourth-order valence-electron chi connectivity index (χ4n) is 2.06. The summed E-state index contributed by atoms with van der Waals surface area (Å²) < 4.78 is 26.3. The Labute approximate surface area is 118 Å². The van der Waals surface area contributed by atoms with Crippen LogP contribution in [-0.2, 0) is 4.79 Å². The van der Waals surface area contributed by atoms with E-state index in [2.05, 4.69) is 10.6 Å². The van der Waals surface area contributed by atoms with Crippen LogP contribution in [0.2, 0.25) is 0 Å². The van der Waals surface area contributed by atoms with Gasteiger partial charge in [0.05, 0.1) is 11.1 Å². The summed E-state index contributed by atoms with van der Waals surface area (Å²) in [6, 6.07) is 0.128. The maximum Gasteiger partial charge on any atom is 0.336 e. The fourth-order valence-corrected chi connectivity index (χ4v) is 2.06. The molecular weight excluding hydrogens is 286 g/mol. The maximum absolute atomic E-state index is 13.2. The van der Waals surface area contributed by atoms with E-state index in [-0.39, 0.29) is 0 Å². The minimum Gasteiger partial charge on any atom is -0.478 e. The van der Waals surface area contributed by atoms with Crippen molar-refractivity contribution in [3.63, 3.8) is 0 Å². The maximum atomic E-state index is 13.2. The van der Waals surface area contributed by atoms with Gasteiger partial charge in [-0.25, -0.2) is 13.6 Å². The Hall–Kier alpha value is -2.51. The van der Waals surface area contributed by atoms with Gasteiger partial charge in [-0.15, -0.1) is 0 Å². The van der Waals surface area contributed by atoms with Gasteiger partial charge >= 0.3 is 5.97 Å². The molecule has 0 radical (unpaired) electrons. The second kappa shape index (κ2) is 5.86. The van der Waals surface area contributed by atoms with Gasteiger partial charge in [0, 0.05) is 6.54 Å². The Morgan fingerprint density at radius 3 is 2.43 bits per heavy atom. The van der Waals surface area contributed by atoms with Gasteiger partial charge in [0.2, 0.25) is 5.91 Å². The summed E-state index contributed by atoms with van der Waals surface area (Å²) >= 11 is 0. The average Bonchev–Trinajstić information content (AvgIpc) is 2.43. The van der Waals surface area contributed by atoms with Crippen LogP contribution in [0.3, 0.4) is 0 Å². The van der Waals surface area contributed by atoms with Gasteiger partial charge in [-0.2, -0.15) is 0 Å². The number of nitrogens with one attached hydrogen (secondary N) is 2. The number of carbonyl (C=O) groups excluding carboxylic acids is 2. The van der Waals surface area contributed by atoms with Crippen LogP contribution >= 0.6 is 0 Å². The highest BCUT2D eigenvalue weighted by Crippen LogP contribution is 2.16. The SMILES string of the molecule is O=C(O)c1cc(F)c(F)cc1C(=O)NC1CCCNC1=O. The molecule has 8 heteroatoms. The molecule has 0 aliphatic carbocycles. The summed E-state index contributed by atoms with van der Waals surface area (Å²) in [5.74, 6) is -5.59. The van der Waals surface area contributed by atoms with Crippen molar-refractivity contribution >= 4 is 17.8 Å².